The Morgan fingerprint density at radius 1 is 1.15 bits per heavy atom. The van der Waals surface area contributed by atoms with Gasteiger partial charge in [0.2, 0.25) is 15.9 Å². The Bertz CT molecular complexity index is 1150. The number of benzene rings is 2. The van der Waals surface area contributed by atoms with Crippen LogP contribution < -0.4 is 15.4 Å². The number of nitrogens with one attached hydrogen (secondary N) is 1. The van der Waals surface area contributed by atoms with E-state index in [4.69, 9.17) is 9.88 Å². The molecule has 1 unspecified atom stereocenters. The number of hydrogen-bond acceptors (Lipinski definition) is 7. The Balaban J connectivity index is 1.62. The van der Waals surface area contributed by atoms with Crippen LogP contribution in [0.3, 0.4) is 0 Å². The van der Waals surface area contributed by atoms with Crippen molar-refractivity contribution in [2.24, 2.45) is 5.14 Å². The Morgan fingerprint density at radius 3 is 2.39 bits per heavy atom. The van der Waals surface area contributed by atoms with Gasteiger partial charge in [0.05, 0.1) is 24.1 Å². The molecule has 0 spiro atoms. The van der Waals surface area contributed by atoms with E-state index in [-0.39, 0.29) is 29.4 Å². The van der Waals surface area contributed by atoms with E-state index in [9.17, 15) is 18.0 Å². The Morgan fingerprint density at radius 2 is 1.82 bits per heavy atom. The first-order chi connectivity index (χ1) is 15.5. The number of nitrogens with two attached hydrogens (primary N) is 1. The second kappa shape index (κ2) is 9.90. The summed E-state index contributed by atoms with van der Waals surface area (Å²) in [5.41, 5.74) is 3.48. The van der Waals surface area contributed by atoms with Gasteiger partial charge in [-0.15, -0.1) is 0 Å². The number of rotatable bonds is 6. The van der Waals surface area contributed by atoms with Crippen molar-refractivity contribution in [1.29, 1.82) is 0 Å². The molecule has 3 N–H and O–H groups in total. The number of sulfonamides is 1. The van der Waals surface area contributed by atoms with Crippen molar-refractivity contribution >= 4 is 33.3 Å². The van der Waals surface area contributed by atoms with E-state index in [1.807, 2.05) is 19.1 Å². The largest absolute Gasteiger partial charge is 0.465 e. The number of methoxy groups -OCH3 is 1. The third-order valence-corrected chi connectivity index (χ3v) is 6.90. The SMILES string of the molecule is COC(=O)c1ccc(N2CCN(CC(=O)Nc3cc(S(N)(=O)=O)cc(C)c3C)C(C)C2)cc1. The maximum atomic E-state index is 12.7. The van der Waals surface area contributed by atoms with Crippen LogP contribution in [0.1, 0.15) is 28.4 Å². The summed E-state index contributed by atoms with van der Waals surface area (Å²) in [4.78, 5) is 28.6. The van der Waals surface area contributed by atoms with Crippen LogP contribution in [0.4, 0.5) is 11.4 Å². The normalized spacial score (nSPS) is 17.0. The number of amides is 1. The van der Waals surface area contributed by atoms with Gasteiger partial charge in [-0.2, -0.15) is 0 Å². The molecular formula is C23H30N4O5S. The van der Waals surface area contributed by atoms with Gasteiger partial charge in [-0.1, -0.05) is 0 Å². The van der Waals surface area contributed by atoms with E-state index in [1.165, 1.54) is 19.2 Å². The van der Waals surface area contributed by atoms with E-state index in [0.29, 0.717) is 17.8 Å². The lowest BCUT2D eigenvalue weighted by Gasteiger charge is -2.40. The van der Waals surface area contributed by atoms with Crippen molar-refractivity contribution in [1.82, 2.24) is 4.90 Å². The van der Waals surface area contributed by atoms with E-state index in [2.05, 4.69) is 22.0 Å². The van der Waals surface area contributed by atoms with Gasteiger partial charge in [-0.05, 0) is 68.3 Å². The number of carbonyl (C=O) groups is 2. The van der Waals surface area contributed by atoms with Crippen molar-refractivity contribution in [2.75, 3.05) is 43.5 Å². The van der Waals surface area contributed by atoms with Crippen molar-refractivity contribution in [3.05, 3.63) is 53.1 Å². The number of esters is 1. The first-order valence-corrected chi connectivity index (χ1v) is 12.2. The molecule has 9 nitrogen and oxygen atoms in total. The maximum absolute atomic E-state index is 12.7. The highest BCUT2D eigenvalue weighted by molar-refractivity contribution is 7.89. The number of carbonyl (C=O) groups excluding carboxylic acids is 2. The van der Waals surface area contributed by atoms with Crippen LogP contribution in [0.2, 0.25) is 0 Å². The van der Waals surface area contributed by atoms with Crippen molar-refractivity contribution in [3.8, 4) is 0 Å². The maximum Gasteiger partial charge on any atom is 0.337 e. The average Bonchev–Trinajstić information content (AvgIpc) is 2.77. The summed E-state index contributed by atoms with van der Waals surface area (Å²) in [5.74, 6) is -0.586. The number of ether oxygens (including phenoxy) is 1. The minimum absolute atomic E-state index is 0.0268. The Labute approximate surface area is 194 Å². The molecule has 1 saturated heterocycles. The van der Waals surface area contributed by atoms with Gasteiger partial charge in [-0.25, -0.2) is 18.4 Å². The molecule has 0 aliphatic carbocycles. The number of nitrogens with zero attached hydrogens (tertiary/aromatic N) is 2. The lowest BCUT2D eigenvalue weighted by Crippen LogP contribution is -2.53. The molecule has 0 aromatic heterocycles. The molecule has 1 fully saturated rings. The first-order valence-electron chi connectivity index (χ1n) is 10.6. The monoisotopic (exact) mass is 474 g/mol. The molecule has 0 bridgehead atoms. The summed E-state index contributed by atoms with van der Waals surface area (Å²) in [6, 6.07) is 10.3. The standard InChI is InChI=1S/C23H30N4O5S/c1-15-11-20(33(24,30)31)12-21(17(15)3)25-22(28)14-26-9-10-27(13-16(26)2)19-7-5-18(6-8-19)23(29)32-4/h5-8,11-12,16H,9-10,13-14H2,1-4H3,(H,25,28)(H2,24,30,31). The predicted molar refractivity (Wildman–Crippen MR) is 127 cm³/mol. The number of aryl methyl sites for hydroxylation is 1. The zero-order valence-electron chi connectivity index (χ0n) is 19.3. The van der Waals surface area contributed by atoms with Gasteiger partial charge >= 0.3 is 5.97 Å². The van der Waals surface area contributed by atoms with Crippen LogP contribution in [0.5, 0.6) is 0 Å². The van der Waals surface area contributed by atoms with Crippen LogP contribution in [0.25, 0.3) is 0 Å². The summed E-state index contributed by atoms with van der Waals surface area (Å²) in [5, 5.41) is 8.10. The van der Waals surface area contributed by atoms with E-state index in [0.717, 1.165) is 29.9 Å². The lowest BCUT2D eigenvalue weighted by molar-refractivity contribution is -0.117. The molecule has 1 aliphatic heterocycles. The minimum Gasteiger partial charge on any atom is -0.465 e. The van der Waals surface area contributed by atoms with Crippen molar-refractivity contribution < 1.29 is 22.7 Å². The average molecular weight is 475 g/mol. The number of anilines is 2. The summed E-state index contributed by atoms with van der Waals surface area (Å²) in [7, 11) is -2.52. The molecule has 2 aromatic rings. The number of piperazine rings is 1. The molecule has 0 saturated carbocycles. The van der Waals surface area contributed by atoms with Gasteiger partial charge in [0.1, 0.15) is 0 Å². The Hall–Kier alpha value is -2.95. The van der Waals surface area contributed by atoms with Gasteiger partial charge in [0, 0.05) is 37.1 Å². The third-order valence-electron chi connectivity index (χ3n) is 6.01. The number of primary sulfonamides is 1. The second-order valence-electron chi connectivity index (χ2n) is 8.31. The minimum atomic E-state index is -3.87. The molecule has 2 aromatic carbocycles. The molecule has 33 heavy (non-hydrogen) atoms. The van der Waals surface area contributed by atoms with Gasteiger partial charge in [0.25, 0.3) is 0 Å². The van der Waals surface area contributed by atoms with Gasteiger partial charge < -0.3 is 15.0 Å². The van der Waals surface area contributed by atoms with E-state index in [1.54, 1.807) is 19.1 Å². The first kappa shape index (κ1) is 24.7. The third kappa shape index (κ3) is 5.89. The lowest BCUT2D eigenvalue weighted by atomic mass is 10.1. The fourth-order valence-corrected chi connectivity index (χ4v) is 4.51. The zero-order chi connectivity index (χ0) is 24.3. The van der Waals surface area contributed by atoms with E-state index >= 15 is 0 Å². The smallest absolute Gasteiger partial charge is 0.337 e. The molecule has 10 heteroatoms. The van der Waals surface area contributed by atoms with Crippen LogP contribution in [-0.4, -0.2) is 64.5 Å². The topological polar surface area (TPSA) is 122 Å². The molecule has 178 valence electrons. The van der Waals surface area contributed by atoms with Gasteiger partial charge in [-0.3, -0.25) is 9.69 Å². The second-order valence-corrected chi connectivity index (χ2v) is 9.87. The summed E-state index contributed by atoms with van der Waals surface area (Å²) in [6.45, 7) is 7.98. The van der Waals surface area contributed by atoms with Crippen molar-refractivity contribution in [3.63, 3.8) is 0 Å². The fourth-order valence-electron chi connectivity index (χ4n) is 3.89. The van der Waals surface area contributed by atoms with Crippen LogP contribution >= 0.6 is 0 Å². The summed E-state index contributed by atoms with van der Waals surface area (Å²) >= 11 is 0. The quantitative estimate of drug-likeness (QED) is 0.613. The highest BCUT2D eigenvalue weighted by atomic mass is 32.2. The highest BCUT2D eigenvalue weighted by Crippen LogP contribution is 2.24. The highest BCUT2D eigenvalue weighted by Gasteiger charge is 2.26. The molecular weight excluding hydrogens is 444 g/mol. The number of hydrogen-bond donors (Lipinski definition) is 2. The van der Waals surface area contributed by atoms with Crippen LogP contribution in [0.15, 0.2) is 41.3 Å². The summed E-state index contributed by atoms with van der Waals surface area (Å²) in [6.07, 6.45) is 0. The van der Waals surface area contributed by atoms with E-state index < -0.39 is 10.0 Å². The molecule has 0 radical (unpaired) electrons. The van der Waals surface area contributed by atoms with Crippen LogP contribution in [0, 0.1) is 13.8 Å². The predicted octanol–water partition coefficient (Wildman–Crippen LogP) is 1.89. The molecule has 1 atom stereocenters. The molecule has 1 amide bonds. The van der Waals surface area contributed by atoms with Crippen LogP contribution in [-0.2, 0) is 19.6 Å². The fraction of sp³-hybridized carbons (Fsp3) is 0.391. The van der Waals surface area contributed by atoms with Gasteiger partial charge in [0.15, 0.2) is 0 Å². The molecule has 1 heterocycles. The molecule has 3 rings (SSSR count). The molecule has 1 aliphatic rings. The zero-order valence-corrected chi connectivity index (χ0v) is 20.1. The Kier molecular flexibility index (Phi) is 7.41. The van der Waals surface area contributed by atoms with Crippen molar-refractivity contribution in [2.45, 2.75) is 31.7 Å². The summed E-state index contributed by atoms with van der Waals surface area (Å²) < 4.78 is 28.2.